The molecule has 2 atom stereocenters. The topological polar surface area (TPSA) is 61.4 Å². The molecule has 0 spiro atoms. The maximum Gasteiger partial charge on any atom is 0.318 e. The normalized spacial score (nSPS) is 16.9. The number of nitrogens with zero attached hydrogens (tertiary/aromatic N) is 1. The van der Waals surface area contributed by atoms with Crippen molar-refractivity contribution in [3.05, 3.63) is 30.3 Å². The third kappa shape index (κ3) is 4.23. The molecule has 2 rings (SSSR count). The van der Waals surface area contributed by atoms with Crippen molar-refractivity contribution in [2.24, 2.45) is 5.92 Å². The number of hydrogen-bond donors (Lipinski definition) is 2. The fourth-order valence-electron chi connectivity index (χ4n) is 2.59. The molecule has 0 radical (unpaired) electrons. The lowest BCUT2D eigenvalue weighted by Crippen LogP contribution is -2.51. The fourth-order valence-corrected chi connectivity index (χ4v) is 2.59. The van der Waals surface area contributed by atoms with Crippen LogP contribution in [-0.2, 0) is 4.79 Å². The van der Waals surface area contributed by atoms with Crippen LogP contribution in [0.25, 0.3) is 0 Å². The summed E-state index contributed by atoms with van der Waals surface area (Å²) < 4.78 is 0. The van der Waals surface area contributed by atoms with Crippen molar-refractivity contribution in [3.63, 3.8) is 0 Å². The maximum absolute atomic E-state index is 12.5. The molecule has 0 aromatic heterocycles. The van der Waals surface area contributed by atoms with Gasteiger partial charge in [0.25, 0.3) is 0 Å². The summed E-state index contributed by atoms with van der Waals surface area (Å²) in [5, 5.41) is 5.79. The number of amides is 3. The molecule has 1 aliphatic rings. The van der Waals surface area contributed by atoms with Gasteiger partial charge in [0, 0.05) is 18.8 Å². The van der Waals surface area contributed by atoms with Crippen molar-refractivity contribution >= 4 is 17.6 Å². The van der Waals surface area contributed by atoms with Gasteiger partial charge in [0.15, 0.2) is 0 Å². The zero-order valence-corrected chi connectivity index (χ0v) is 13.3. The monoisotopic (exact) mass is 303 g/mol. The van der Waals surface area contributed by atoms with E-state index in [2.05, 4.69) is 10.6 Å². The standard InChI is InChI=1S/C17H25N3O2/c1-3-13(2)15(19-17(22)20-11-7-8-12-20)16(21)18-14-9-5-4-6-10-14/h4-6,9-10,13,15H,3,7-8,11-12H2,1-2H3,(H,18,21)(H,19,22)/t13-,15-/m0/s1. The molecule has 120 valence electrons. The van der Waals surface area contributed by atoms with Crippen LogP contribution in [0.3, 0.4) is 0 Å². The van der Waals surface area contributed by atoms with Gasteiger partial charge in [0.2, 0.25) is 5.91 Å². The molecule has 5 heteroatoms. The smallest absolute Gasteiger partial charge is 0.318 e. The molecule has 0 bridgehead atoms. The number of carbonyl (C=O) groups excluding carboxylic acids is 2. The van der Waals surface area contributed by atoms with Gasteiger partial charge in [0.05, 0.1) is 0 Å². The van der Waals surface area contributed by atoms with Crippen molar-refractivity contribution < 1.29 is 9.59 Å². The zero-order chi connectivity index (χ0) is 15.9. The highest BCUT2D eigenvalue weighted by Gasteiger charge is 2.28. The quantitative estimate of drug-likeness (QED) is 0.878. The Morgan fingerprint density at radius 3 is 2.41 bits per heavy atom. The number of anilines is 1. The Balaban J connectivity index is 2.01. The minimum atomic E-state index is -0.515. The van der Waals surface area contributed by atoms with Crippen LogP contribution in [0.1, 0.15) is 33.1 Å². The van der Waals surface area contributed by atoms with Crippen molar-refractivity contribution in [2.45, 2.75) is 39.2 Å². The largest absolute Gasteiger partial charge is 0.326 e. The lowest BCUT2D eigenvalue weighted by molar-refractivity contribution is -0.119. The molecule has 1 saturated heterocycles. The Hall–Kier alpha value is -2.04. The molecule has 1 aromatic rings. The molecule has 1 aromatic carbocycles. The molecular formula is C17H25N3O2. The van der Waals surface area contributed by atoms with Crippen LogP contribution in [0.15, 0.2) is 30.3 Å². The number of rotatable bonds is 5. The van der Waals surface area contributed by atoms with Crippen LogP contribution in [0.2, 0.25) is 0 Å². The summed E-state index contributed by atoms with van der Waals surface area (Å²) in [6.45, 7) is 5.56. The van der Waals surface area contributed by atoms with Gasteiger partial charge in [-0.1, -0.05) is 38.5 Å². The average Bonchev–Trinajstić information content (AvgIpc) is 3.07. The summed E-state index contributed by atoms with van der Waals surface area (Å²) in [6.07, 6.45) is 2.91. The predicted octanol–water partition coefficient (Wildman–Crippen LogP) is 2.85. The highest BCUT2D eigenvalue weighted by atomic mass is 16.2. The number of para-hydroxylation sites is 1. The van der Waals surface area contributed by atoms with Gasteiger partial charge < -0.3 is 15.5 Å². The van der Waals surface area contributed by atoms with Crippen molar-refractivity contribution in [1.29, 1.82) is 0 Å². The molecule has 22 heavy (non-hydrogen) atoms. The van der Waals surface area contributed by atoms with Gasteiger partial charge >= 0.3 is 6.03 Å². The fraction of sp³-hybridized carbons (Fsp3) is 0.529. The van der Waals surface area contributed by atoms with Crippen LogP contribution >= 0.6 is 0 Å². The second kappa shape index (κ2) is 7.82. The van der Waals surface area contributed by atoms with Crippen LogP contribution in [-0.4, -0.2) is 36.0 Å². The first-order chi connectivity index (χ1) is 10.6. The second-order valence-corrected chi connectivity index (χ2v) is 5.86. The highest BCUT2D eigenvalue weighted by Crippen LogP contribution is 2.14. The van der Waals surface area contributed by atoms with Crippen molar-refractivity contribution in [1.82, 2.24) is 10.2 Å². The lowest BCUT2D eigenvalue weighted by Gasteiger charge is -2.26. The van der Waals surface area contributed by atoms with Gasteiger partial charge in [-0.25, -0.2) is 4.79 Å². The molecule has 0 saturated carbocycles. The number of benzene rings is 1. The number of hydrogen-bond acceptors (Lipinski definition) is 2. The number of carbonyl (C=O) groups is 2. The third-order valence-corrected chi connectivity index (χ3v) is 4.21. The van der Waals surface area contributed by atoms with E-state index < -0.39 is 6.04 Å². The van der Waals surface area contributed by atoms with E-state index in [1.165, 1.54) is 0 Å². The Morgan fingerprint density at radius 2 is 1.82 bits per heavy atom. The van der Waals surface area contributed by atoms with Gasteiger partial charge in [0.1, 0.15) is 6.04 Å². The maximum atomic E-state index is 12.5. The lowest BCUT2D eigenvalue weighted by atomic mass is 9.98. The van der Waals surface area contributed by atoms with Gasteiger partial charge in [-0.05, 0) is 30.9 Å². The first-order valence-electron chi connectivity index (χ1n) is 8.03. The molecule has 5 nitrogen and oxygen atoms in total. The second-order valence-electron chi connectivity index (χ2n) is 5.86. The van der Waals surface area contributed by atoms with E-state index in [-0.39, 0.29) is 17.9 Å². The minimum Gasteiger partial charge on any atom is -0.326 e. The van der Waals surface area contributed by atoms with Crippen LogP contribution in [0.5, 0.6) is 0 Å². The van der Waals surface area contributed by atoms with E-state index in [9.17, 15) is 9.59 Å². The summed E-state index contributed by atoms with van der Waals surface area (Å²) in [7, 11) is 0. The van der Waals surface area contributed by atoms with Crippen LogP contribution < -0.4 is 10.6 Å². The van der Waals surface area contributed by atoms with E-state index in [1.54, 1.807) is 4.90 Å². The summed E-state index contributed by atoms with van der Waals surface area (Å²) in [5.74, 6) is -0.0802. The summed E-state index contributed by atoms with van der Waals surface area (Å²) in [6, 6.07) is 8.68. The average molecular weight is 303 g/mol. The molecule has 1 aliphatic heterocycles. The highest BCUT2D eigenvalue weighted by molar-refractivity contribution is 5.97. The van der Waals surface area contributed by atoms with Crippen molar-refractivity contribution in [3.8, 4) is 0 Å². The van der Waals surface area contributed by atoms with E-state index in [1.807, 2.05) is 44.2 Å². The molecule has 0 unspecified atom stereocenters. The van der Waals surface area contributed by atoms with E-state index in [0.717, 1.165) is 38.0 Å². The minimum absolute atomic E-state index is 0.0789. The Bertz CT molecular complexity index is 498. The van der Waals surface area contributed by atoms with Gasteiger partial charge in [-0.2, -0.15) is 0 Å². The first kappa shape index (κ1) is 16.3. The molecule has 1 fully saturated rings. The van der Waals surface area contributed by atoms with E-state index in [0.29, 0.717) is 0 Å². The van der Waals surface area contributed by atoms with Gasteiger partial charge in [-0.15, -0.1) is 0 Å². The Labute approximate surface area is 132 Å². The molecule has 3 amide bonds. The summed E-state index contributed by atoms with van der Waals surface area (Å²) in [4.78, 5) is 26.6. The predicted molar refractivity (Wildman–Crippen MR) is 87.7 cm³/mol. The summed E-state index contributed by atoms with van der Waals surface area (Å²) >= 11 is 0. The number of likely N-dealkylation sites (tertiary alicyclic amines) is 1. The van der Waals surface area contributed by atoms with Crippen LogP contribution in [0, 0.1) is 5.92 Å². The first-order valence-corrected chi connectivity index (χ1v) is 8.03. The number of nitrogens with one attached hydrogen (secondary N) is 2. The number of urea groups is 1. The Kier molecular flexibility index (Phi) is 5.81. The Morgan fingerprint density at radius 1 is 1.18 bits per heavy atom. The molecule has 2 N–H and O–H groups in total. The SMILES string of the molecule is CC[C@H](C)[C@H](NC(=O)N1CCCC1)C(=O)Nc1ccccc1. The molecule has 0 aliphatic carbocycles. The third-order valence-electron chi connectivity index (χ3n) is 4.21. The van der Waals surface area contributed by atoms with Gasteiger partial charge in [-0.3, -0.25) is 4.79 Å². The molecular weight excluding hydrogens is 278 g/mol. The van der Waals surface area contributed by atoms with E-state index in [4.69, 9.17) is 0 Å². The zero-order valence-electron chi connectivity index (χ0n) is 13.3. The van der Waals surface area contributed by atoms with Crippen LogP contribution in [0.4, 0.5) is 10.5 Å². The molecule has 1 heterocycles. The van der Waals surface area contributed by atoms with E-state index >= 15 is 0 Å². The summed E-state index contributed by atoms with van der Waals surface area (Å²) in [5.41, 5.74) is 0.747. The van der Waals surface area contributed by atoms with Crippen molar-refractivity contribution in [2.75, 3.05) is 18.4 Å².